The quantitative estimate of drug-likeness (QED) is 0.855. The van der Waals surface area contributed by atoms with Crippen LogP contribution >= 0.6 is 12.4 Å². The van der Waals surface area contributed by atoms with Crippen LogP contribution in [0.2, 0.25) is 0 Å². The van der Waals surface area contributed by atoms with Gasteiger partial charge in [-0.3, -0.25) is 0 Å². The summed E-state index contributed by atoms with van der Waals surface area (Å²) < 4.78 is 0. The molecule has 0 aromatic heterocycles. The van der Waals surface area contributed by atoms with Crippen LogP contribution in [0, 0.1) is 0 Å². The molecular weight excluding hydrogens is 244 g/mol. The molecule has 0 amide bonds. The van der Waals surface area contributed by atoms with Gasteiger partial charge in [0.2, 0.25) is 0 Å². The van der Waals surface area contributed by atoms with E-state index in [1.165, 1.54) is 44.3 Å². The smallest absolute Gasteiger partial charge is 0.0397 e. The predicted molar refractivity (Wildman–Crippen MR) is 83.2 cm³/mol. The fourth-order valence-corrected chi connectivity index (χ4v) is 3.09. The number of hydrogen-bond acceptors (Lipinski definition) is 2. The molecule has 1 aliphatic heterocycles. The van der Waals surface area contributed by atoms with Gasteiger partial charge in [0.15, 0.2) is 0 Å². The Morgan fingerprint density at radius 1 is 1.06 bits per heavy atom. The van der Waals surface area contributed by atoms with Crippen LogP contribution in [0.3, 0.4) is 0 Å². The lowest BCUT2D eigenvalue weighted by molar-refractivity contribution is 0.288. The van der Waals surface area contributed by atoms with Crippen LogP contribution in [0.15, 0.2) is 30.3 Å². The average Bonchev–Trinajstić information content (AvgIpc) is 2.39. The molecule has 104 valence electrons. The largest absolute Gasteiger partial charge is 0.366 e. The van der Waals surface area contributed by atoms with Gasteiger partial charge in [0.1, 0.15) is 0 Å². The molecular formula is C15H27ClN2. The molecule has 3 heteroatoms. The normalized spacial score (nSPS) is 17.6. The van der Waals surface area contributed by atoms with Crippen LogP contribution in [0.4, 0.5) is 5.69 Å². The molecule has 2 rings (SSSR count). The van der Waals surface area contributed by atoms with Crippen LogP contribution in [0.5, 0.6) is 0 Å². The van der Waals surface area contributed by atoms with Crippen molar-refractivity contribution in [1.29, 1.82) is 0 Å². The highest BCUT2D eigenvalue weighted by molar-refractivity contribution is 5.85. The lowest BCUT2D eigenvalue weighted by Crippen LogP contribution is -2.51. The van der Waals surface area contributed by atoms with E-state index in [4.69, 9.17) is 0 Å². The van der Waals surface area contributed by atoms with Crippen LogP contribution in [0.1, 0.15) is 46.0 Å². The Kier molecular flexibility index (Phi) is 7.34. The SMILES string of the molecule is CCC1(CC)CCCCN1c1ccccc1.Cl.N. The van der Waals surface area contributed by atoms with E-state index in [1.54, 1.807) is 0 Å². The van der Waals surface area contributed by atoms with Crippen molar-refractivity contribution >= 4 is 18.1 Å². The lowest BCUT2D eigenvalue weighted by Gasteiger charge is -2.48. The first-order chi connectivity index (χ1) is 7.82. The summed E-state index contributed by atoms with van der Waals surface area (Å²) in [4.78, 5) is 2.65. The highest BCUT2D eigenvalue weighted by atomic mass is 35.5. The standard InChI is InChI=1S/C15H23N.ClH.H3N/c1-3-15(4-2)12-8-9-13-16(15)14-10-6-5-7-11-14;;/h5-7,10-11H,3-4,8-9,12-13H2,1-2H3;1H;1H3. The second kappa shape index (κ2) is 7.65. The van der Waals surface area contributed by atoms with Crippen LogP contribution in [-0.4, -0.2) is 12.1 Å². The number of benzene rings is 1. The number of rotatable bonds is 3. The molecule has 0 spiro atoms. The van der Waals surface area contributed by atoms with Crippen LogP contribution in [0.25, 0.3) is 0 Å². The van der Waals surface area contributed by atoms with Crippen LogP contribution in [-0.2, 0) is 0 Å². The lowest BCUT2D eigenvalue weighted by atomic mass is 9.81. The van der Waals surface area contributed by atoms with Gasteiger partial charge in [0, 0.05) is 17.8 Å². The maximum atomic E-state index is 2.65. The third kappa shape index (κ3) is 3.18. The zero-order valence-electron chi connectivity index (χ0n) is 11.7. The fourth-order valence-electron chi connectivity index (χ4n) is 3.09. The molecule has 1 saturated heterocycles. The van der Waals surface area contributed by atoms with E-state index in [-0.39, 0.29) is 18.6 Å². The summed E-state index contributed by atoms with van der Waals surface area (Å²) in [5.74, 6) is 0. The van der Waals surface area contributed by atoms with E-state index in [0.29, 0.717) is 5.54 Å². The predicted octanol–water partition coefficient (Wildman–Crippen LogP) is 4.82. The highest BCUT2D eigenvalue weighted by Gasteiger charge is 2.35. The molecule has 1 heterocycles. The Hall–Kier alpha value is -0.730. The van der Waals surface area contributed by atoms with E-state index in [0.717, 1.165) is 0 Å². The minimum absolute atomic E-state index is 0. The summed E-state index contributed by atoms with van der Waals surface area (Å²) in [6, 6.07) is 10.9. The maximum Gasteiger partial charge on any atom is 0.0397 e. The third-order valence-corrected chi connectivity index (χ3v) is 4.23. The summed E-state index contributed by atoms with van der Waals surface area (Å²) in [6.45, 7) is 5.90. The Bertz CT molecular complexity index is 323. The van der Waals surface area contributed by atoms with E-state index in [2.05, 4.69) is 49.1 Å². The molecule has 1 fully saturated rings. The Morgan fingerprint density at radius 3 is 2.22 bits per heavy atom. The van der Waals surface area contributed by atoms with Gasteiger partial charge in [-0.25, -0.2) is 0 Å². The molecule has 0 atom stereocenters. The van der Waals surface area contributed by atoms with E-state index in [1.807, 2.05) is 0 Å². The third-order valence-electron chi connectivity index (χ3n) is 4.23. The summed E-state index contributed by atoms with van der Waals surface area (Å²) in [7, 11) is 0. The molecule has 18 heavy (non-hydrogen) atoms. The van der Waals surface area contributed by atoms with Crippen molar-refractivity contribution in [2.45, 2.75) is 51.5 Å². The summed E-state index contributed by atoms with van der Waals surface area (Å²) in [5, 5.41) is 0. The zero-order chi connectivity index (χ0) is 11.4. The van der Waals surface area contributed by atoms with Gasteiger partial charge in [-0.1, -0.05) is 32.0 Å². The molecule has 0 bridgehead atoms. The molecule has 1 aromatic rings. The first-order valence-corrected chi connectivity index (χ1v) is 6.65. The molecule has 1 aromatic carbocycles. The van der Waals surface area contributed by atoms with E-state index >= 15 is 0 Å². The van der Waals surface area contributed by atoms with Crippen molar-refractivity contribution in [3.05, 3.63) is 30.3 Å². The first-order valence-electron chi connectivity index (χ1n) is 6.65. The molecule has 2 nitrogen and oxygen atoms in total. The van der Waals surface area contributed by atoms with Gasteiger partial charge in [0.25, 0.3) is 0 Å². The fraction of sp³-hybridized carbons (Fsp3) is 0.600. The average molecular weight is 271 g/mol. The molecule has 0 radical (unpaired) electrons. The molecule has 0 unspecified atom stereocenters. The van der Waals surface area contributed by atoms with Gasteiger partial charge >= 0.3 is 0 Å². The monoisotopic (exact) mass is 270 g/mol. The number of nitrogens with zero attached hydrogens (tertiary/aromatic N) is 1. The van der Waals surface area contributed by atoms with Gasteiger partial charge in [0.05, 0.1) is 0 Å². The maximum absolute atomic E-state index is 2.65. The van der Waals surface area contributed by atoms with Gasteiger partial charge < -0.3 is 11.1 Å². The van der Waals surface area contributed by atoms with Gasteiger partial charge in [-0.15, -0.1) is 12.4 Å². The zero-order valence-corrected chi connectivity index (χ0v) is 12.5. The second-order valence-electron chi connectivity index (χ2n) is 4.88. The van der Waals surface area contributed by atoms with E-state index in [9.17, 15) is 0 Å². The Balaban J connectivity index is 0.00000144. The van der Waals surface area contributed by atoms with Crippen molar-refractivity contribution in [2.75, 3.05) is 11.4 Å². The van der Waals surface area contributed by atoms with Crippen molar-refractivity contribution in [3.63, 3.8) is 0 Å². The van der Waals surface area contributed by atoms with Gasteiger partial charge in [-0.2, -0.15) is 0 Å². The number of anilines is 1. The minimum atomic E-state index is 0. The number of para-hydroxylation sites is 1. The van der Waals surface area contributed by atoms with Crippen molar-refractivity contribution < 1.29 is 0 Å². The van der Waals surface area contributed by atoms with Crippen molar-refractivity contribution in [3.8, 4) is 0 Å². The Morgan fingerprint density at radius 2 is 1.67 bits per heavy atom. The highest BCUT2D eigenvalue weighted by Crippen LogP contribution is 2.37. The summed E-state index contributed by atoms with van der Waals surface area (Å²) >= 11 is 0. The number of piperidine rings is 1. The van der Waals surface area contributed by atoms with E-state index < -0.39 is 0 Å². The summed E-state index contributed by atoms with van der Waals surface area (Å²) in [5.41, 5.74) is 1.82. The molecule has 0 saturated carbocycles. The van der Waals surface area contributed by atoms with Gasteiger partial charge in [-0.05, 0) is 44.2 Å². The number of halogens is 1. The topological polar surface area (TPSA) is 38.2 Å². The molecule has 1 aliphatic rings. The van der Waals surface area contributed by atoms with Crippen molar-refractivity contribution in [2.24, 2.45) is 0 Å². The summed E-state index contributed by atoms with van der Waals surface area (Å²) in [6.07, 6.45) is 6.62. The number of hydrogen-bond donors (Lipinski definition) is 1. The molecule has 3 N–H and O–H groups in total. The minimum Gasteiger partial charge on any atom is -0.366 e. The molecule has 0 aliphatic carbocycles. The van der Waals surface area contributed by atoms with Crippen molar-refractivity contribution in [1.82, 2.24) is 6.15 Å². The first kappa shape index (κ1) is 17.3. The second-order valence-corrected chi connectivity index (χ2v) is 4.88. The Labute approximate surface area is 118 Å². The van der Waals surface area contributed by atoms with Crippen LogP contribution < -0.4 is 11.1 Å².